The van der Waals surface area contributed by atoms with Gasteiger partial charge in [-0.3, -0.25) is 0 Å². The highest BCUT2D eigenvalue weighted by molar-refractivity contribution is 9.09. The molecule has 2 atom stereocenters. The Kier molecular flexibility index (Phi) is 5.90. The van der Waals surface area contributed by atoms with Gasteiger partial charge in [-0.1, -0.05) is 48.0 Å². The summed E-state index contributed by atoms with van der Waals surface area (Å²) in [5, 5.41) is 0. The molecule has 0 amide bonds. The summed E-state index contributed by atoms with van der Waals surface area (Å²) in [4.78, 5) is 0.466. The predicted molar refractivity (Wildman–Crippen MR) is 85.1 cm³/mol. The lowest BCUT2D eigenvalue weighted by atomic mass is 9.97. The van der Waals surface area contributed by atoms with Crippen molar-refractivity contribution in [3.05, 3.63) is 34.9 Å². The second kappa shape index (κ2) is 7.44. The van der Waals surface area contributed by atoms with Crippen molar-refractivity contribution < 1.29 is 4.74 Å². The lowest BCUT2D eigenvalue weighted by molar-refractivity contribution is 0.102. The zero-order chi connectivity index (χ0) is 13.7. The molecule has 1 aromatic carbocycles. The van der Waals surface area contributed by atoms with Gasteiger partial charge >= 0.3 is 0 Å². The summed E-state index contributed by atoms with van der Waals surface area (Å²) in [5.41, 5.74) is 4.42. The second-order valence-corrected chi connectivity index (χ2v) is 6.52. The lowest BCUT2D eigenvalue weighted by Crippen LogP contribution is -2.06. The van der Waals surface area contributed by atoms with E-state index in [-0.39, 0.29) is 0 Å². The first-order valence-electron chi connectivity index (χ1n) is 7.62. The molecule has 2 heteroatoms. The Labute approximate surface area is 125 Å². The van der Waals surface area contributed by atoms with Crippen molar-refractivity contribution in [2.24, 2.45) is 0 Å². The highest BCUT2D eigenvalue weighted by Crippen LogP contribution is 2.31. The van der Waals surface area contributed by atoms with Crippen molar-refractivity contribution in [3.63, 3.8) is 0 Å². The van der Waals surface area contributed by atoms with Crippen LogP contribution in [0.1, 0.15) is 61.0 Å². The lowest BCUT2D eigenvalue weighted by Gasteiger charge is -2.16. The zero-order valence-electron chi connectivity index (χ0n) is 12.1. The van der Waals surface area contributed by atoms with Gasteiger partial charge in [0.2, 0.25) is 0 Å². The van der Waals surface area contributed by atoms with Gasteiger partial charge in [0, 0.05) is 11.4 Å². The normalized spacial score (nSPS) is 20.7. The van der Waals surface area contributed by atoms with E-state index in [9.17, 15) is 0 Å². The molecule has 1 nitrogen and oxygen atoms in total. The summed E-state index contributed by atoms with van der Waals surface area (Å²) >= 11 is 3.85. The van der Waals surface area contributed by atoms with Crippen LogP contribution in [0.5, 0.6) is 0 Å². The maximum Gasteiger partial charge on any atom is 0.0576 e. The van der Waals surface area contributed by atoms with Crippen molar-refractivity contribution in [2.45, 2.75) is 63.3 Å². The first kappa shape index (κ1) is 15.1. The van der Waals surface area contributed by atoms with E-state index in [0.29, 0.717) is 10.9 Å². The number of rotatable bonds is 6. The third-order valence-corrected chi connectivity index (χ3v) is 5.11. The molecule has 1 saturated heterocycles. The van der Waals surface area contributed by atoms with Crippen molar-refractivity contribution in [1.82, 2.24) is 0 Å². The number of ether oxygens (including phenoxy) is 1. The topological polar surface area (TPSA) is 9.23 Å². The summed E-state index contributed by atoms with van der Waals surface area (Å²) in [6.45, 7) is 5.44. The van der Waals surface area contributed by atoms with Crippen LogP contribution in [-0.2, 0) is 17.6 Å². The van der Waals surface area contributed by atoms with Crippen LogP contribution >= 0.6 is 15.9 Å². The Balaban J connectivity index is 1.95. The van der Waals surface area contributed by atoms with E-state index in [4.69, 9.17) is 4.74 Å². The van der Waals surface area contributed by atoms with Gasteiger partial charge in [0.25, 0.3) is 0 Å². The quantitative estimate of drug-likeness (QED) is 0.653. The Hall–Kier alpha value is -0.340. The first-order valence-corrected chi connectivity index (χ1v) is 8.53. The maximum absolute atomic E-state index is 5.70. The molecular formula is C17H25BrO. The molecule has 0 aromatic heterocycles. The van der Waals surface area contributed by atoms with E-state index < -0.39 is 0 Å². The minimum absolute atomic E-state index is 0.466. The Morgan fingerprint density at radius 3 is 2.68 bits per heavy atom. The van der Waals surface area contributed by atoms with Crippen molar-refractivity contribution in [2.75, 3.05) is 6.61 Å². The minimum Gasteiger partial charge on any atom is -0.378 e. The van der Waals surface area contributed by atoms with Gasteiger partial charge in [0.1, 0.15) is 0 Å². The van der Waals surface area contributed by atoms with E-state index in [1.165, 1.54) is 42.4 Å². The summed E-state index contributed by atoms with van der Waals surface area (Å²) in [6, 6.07) is 6.97. The molecule has 1 aromatic rings. The minimum atomic E-state index is 0.466. The molecular weight excluding hydrogens is 300 g/mol. The molecule has 1 fully saturated rings. The number of benzene rings is 1. The fourth-order valence-corrected chi connectivity index (χ4v) is 3.43. The summed E-state index contributed by atoms with van der Waals surface area (Å²) < 4.78 is 5.70. The number of alkyl halides is 1. The summed E-state index contributed by atoms with van der Waals surface area (Å²) in [6.07, 6.45) is 7.58. The van der Waals surface area contributed by atoms with Crippen molar-refractivity contribution >= 4 is 15.9 Å². The molecule has 2 rings (SSSR count). The van der Waals surface area contributed by atoms with Crippen LogP contribution in [0.2, 0.25) is 0 Å². The molecule has 2 unspecified atom stereocenters. The Bertz CT molecular complexity index is 396. The van der Waals surface area contributed by atoms with Crippen LogP contribution in [0.4, 0.5) is 0 Å². The fraction of sp³-hybridized carbons (Fsp3) is 0.647. The number of aryl methyl sites for hydroxylation is 2. The van der Waals surface area contributed by atoms with Crippen LogP contribution in [0, 0.1) is 0 Å². The van der Waals surface area contributed by atoms with Crippen LogP contribution in [0.15, 0.2) is 18.2 Å². The van der Waals surface area contributed by atoms with Gasteiger partial charge in [-0.15, -0.1) is 0 Å². The highest BCUT2D eigenvalue weighted by atomic mass is 79.9. The number of halogens is 1. The third kappa shape index (κ3) is 4.06. The SMILES string of the molecule is CCc1ccc(C(Br)CCC2CCCO2)cc1CC. The molecule has 0 N–H and O–H groups in total. The second-order valence-electron chi connectivity index (χ2n) is 5.42. The Morgan fingerprint density at radius 1 is 1.26 bits per heavy atom. The molecule has 106 valence electrons. The van der Waals surface area contributed by atoms with E-state index >= 15 is 0 Å². The van der Waals surface area contributed by atoms with E-state index in [0.717, 1.165) is 19.4 Å². The van der Waals surface area contributed by atoms with E-state index in [2.05, 4.69) is 48.0 Å². The highest BCUT2D eigenvalue weighted by Gasteiger charge is 2.17. The standard InChI is InChI=1S/C17H25BrO/c1-3-13-7-8-15(12-14(13)4-2)17(18)10-9-16-6-5-11-19-16/h7-8,12,16-17H,3-6,9-11H2,1-2H3. The van der Waals surface area contributed by atoms with Gasteiger partial charge < -0.3 is 4.74 Å². The van der Waals surface area contributed by atoms with E-state index in [1.807, 2.05) is 0 Å². The Morgan fingerprint density at radius 2 is 2.05 bits per heavy atom. The zero-order valence-corrected chi connectivity index (χ0v) is 13.7. The molecule has 0 aliphatic carbocycles. The summed E-state index contributed by atoms with van der Waals surface area (Å²) in [7, 11) is 0. The number of hydrogen-bond acceptors (Lipinski definition) is 1. The van der Waals surface area contributed by atoms with Crippen LogP contribution in [-0.4, -0.2) is 12.7 Å². The van der Waals surface area contributed by atoms with Crippen LogP contribution < -0.4 is 0 Å². The van der Waals surface area contributed by atoms with Crippen LogP contribution in [0.25, 0.3) is 0 Å². The van der Waals surface area contributed by atoms with Crippen molar-refractivity contribution in [3.8, 4) is 0 Å². The molecule has 0 bridgehead atoms. The smallest absolute Gasteiger partial charge is 0.0576 e. The summed E-state index contributed by atoms with van der Waals surface area (Å²) in [5.74, 6) is 0. The molecule has 0 radical (unpaired) electrons. The molecule has 1 heterocycles. The average molecular weight is 325 g/mol. The maximum atomic E-state index is 5.70. The monoisotopic (exact) mass is 324 g/mol. The van der Waals surface area contributed by atoms with Crippen LogP contribution in [0.3, 0.4) is 0 Å². The van der Waals surface area contributed by atoms with Gasteiger partial charge in [0.05, 0.1) is 6.10 Å². The van der Waals surface area contributed by atoms with Gasteiger partial charge in [-0.25, -0.2) is 0 Å². The molecule has 1 aliphatic rings. The molecule has 0 spiro atoms. The molecule has 0 saturated carbocycles. The largest absolute Gasteiger partial charge is 0.378 e. The molecule has 1 aliphatic heterocycles. The van der Waals surface area contributed by atoms with Gasteiger partial charge in [-0.2, -0.15) is 0 Å². The third-order valence-electron chi connectivity index (χ3n) is 4.12. The van der Waals surface area contributed by atoms with Crippen molar-refractivity contribution in [1.29, 1.82) is 0 Å². The first-order chi connectivity index (χ1) is 9.24. The number of hydrogen-bond donors (Lipinski definition) is 0. The van der Waals surface area contributed by atoms with Gasteiger partial charge in [-0.05, 0) is 55.2 Å². The fourth-order valence-electron chi connectivity index (χ4n) is 2.89. The molecule has 19 heavy (non-hydrogen) atoms. The average Bonchev–Trinajstić information content (AvgIpc) is 2.97. The van der Waals surface area contributed by atoms with Gasteiger partial charge in [0.15, 0.2) is 0 Å². The van der Waals surface area contributed by atoms with E-state index in [1.54, 1.807) is 0 Å². The predicted octanol–water partition coefficient (Wildman–Crippen LogP) is 5.21.